The Morgan fingerprint density at radius 1 is 1.08 bits per heavy atom. The van der Waals surface area contributed by atoms with E-state index in [2.05, 4.69) is 10.6 Å². The number of aliphatic hydroxyl groups excluding tert-OH is 2. The van der Waals surface area contributed by atoms with E-state index in [-0.39, 0.29) is 32.0 Å². The van der Waals surface area contributed by atoms with Gasteiger partial charge in [0.2, 0.25) is 17.7 Å². The average Bonchev–Trinajstić information content (AvgIpc) is 3.76. The van der Waals surface area contributed by atoms with Crippen molar-refractivity contribution in [3.63, 3.8) is 0 Å². The Balaban J connectivity index is 1.23. The molecular formula is C36H42N4O10. The van der Waals surface area contributed by atoms with Gasteiger partial charge < -0.3 is 40.0 Å². The molecule has 1 spiro atoms. The smallest absolute Gasteiger partial charge is 0.327 e. The molecule has 4 fully saturated rings. The number of fused-ring (bicyclic) bond motifs is 5. The molecule has 2 bridgehead atoms. The second-order valence-electron chi connectivity index (χ2n) is 13.9. The fourth-order valence-corrected chi connectivity index (χ4v) is 8.02. The summed E-state index contributed by atoms with van der Waals surface area (Å²) in [6.45, 7) is 1.05. The van der Waals surface area contributed by atoms with Crippen LogP contribution < -0.4 is 10.6 Å². The third-order valence-electron chi connectivity index (χ3n) is 10.3. The molecule has 3 aliphatic heterocycles. The number of nitrogens with one attached hydrogen (secondary N) is 2. The van der Waals surface area contributed by atoms with E-state index in [1.54, 1.807) is 20.2 Å². The summed E-state index contributed by atoms with van der Waals surface area (Å²) in [5.41, 5.74) is 2.07. The summed E-state index contributed by atoms with van der Waals surface area (Å²) in [5, 5.41) is 26.5. The third-order valence-corrected chi connectivity index (χ3v) is 10.3. The Labute approximate surface area is 289 Å². The van der Waals surface area contributed by atoms with Crippen molar-refractivity contribution >= 4 is 29.8 Å². The van der Waals surface area contributed by atoms with Gasteiger partial charge >= 0.3 is 5.97 Å². The quantitative estimate of drug-likeness (QED) is 0.193. The third kappa shape index (κ3) is 5.89. The molecule has 7 rings (SSSR count). The molecule has 266 valence electrons. The van der Waals surface area contributed by atoms with Crippen molar-refractivity contribution in [3.8, 4) is 0 Å². The standard InChI is InChI=1S/C36H42N4O10/c1-20(42)27(32(44)37-13-14-41)38-34(46)36-18-25-28-29(49-35(48-28)16-23-9-4-5-10-24(23)17-35)31(36)50-40(30(36)33(45)47-25)19-22-8-6-7-21(15-22)11-12-26(43)39(2)3/h4-12,15,20,25,27-31,41-42H,13-14,16-19H2,1-3H3,(H,37,44)(H,38,46)/t20-,25+,27+,28-,29-,30-,31+,36-/m0/s1. The molecule has 8 atom stereocenters. The molecule has 14 heteroatoms. The summed E-state index contributed by atoms with van der Waals surface area (Å²) < 4.78 is 19.4. The van der Waals surface area contributed by atoms with Crippen molar-refractivity contribution in [2.24, 2.45) is 5.41 Å². The number of ether oxygens (including phenoxy) is 3. The largest absolute Gasteiger partial charge is 0.458 e. The summed E-state index contributed by atoms with van der Waals surface area (Å²) in [6, 6.07) is 12.7. The van der Waals surface area contributed by atoms with Gasteiger partial charge in [0.05, 0.1) is 19.3 Å². The molecule has 2 aliphatic carbocycles. The van der Waals surface area contributed by atoms with Crippen LogP contribution in [0.5, 0.6) is 0 Å². The van der Waals surface area contributed by atoms with E-state index >= 15 is 0 Å². The highest BCUT2D eigenvalue weighted by Gasteiger charge is 2.76. The second kappa shape index (κ2) is 13.2. The summed E-state index contributed by atoms with van der Waals surface area (Å²) in [6.07, 6.45) is -0.551. The van der Waals surface area contributed by atoms with Gasteiger partial charge in [-0.1, -0.05) is 48.5 Å². The van der Waals surface area contributed by atoms with Crippen LogP contribution in [0.15, 0.2) is 54.6 Å². The number of aliphatic hydroxyl groups is 2. The van der Waals surface area contributed by atoms with E-state index in [9.17, 15) is 29.4 Å². The van der Waals surface area contributed by atoms with Crippen molar-refractivity contribution in [1.29, 1.82) is 0 Å². The molecule has 2 aromatic rings. The first-order valence-electron chi connectivity index (χ1n) is 16.9. The maximum atomic E-state index is 14.7. The number of likely N-dealkylation sites (N-methyl/N-ethyl adjacent to an activating group) is 1. The van der Waals surface area contributed by atoms with Gasteiger partial charge in [-0.3, -0.25) is 24.0 Å². The van der Waals surface area contributed by atoms with E-state index < -0.39 is 71.6 Å². The zero-order chi connectivity index (χ0) is 35.4. The molecule has 50 heavy (non-hydrogen) atoms. The lowest BCUT2D eigenvalue weighted by Gasteiger charge is -2.49. The lowest BCUT2D eigenvalue weighted by molar-refractivity contribution is -0.217. The zero-order valence-corrected chi connectivity index (χ0v) is 28.1. The molecule has 5 aliphatic rings. The highest BCUT2D eigenvalue weighted by atomic mass is 16.8. The number of amides is 3. The van der Waals surface area contributed by atoms with Gasteiger partial charge in [-0.05, 0) is 35.3 Å². The van der Waals surface area contributed by atoms with Crippen LogP contribution in [0, 0.1) is 5.41 Å². The normalized spacial score (nSPS) is 30.0. The number of hydrogen-bond acceptors (Lipinski definition) is 11. The van der Waals surface area contributed by atoms with E-state index in [4.69, 9.17) is 19.0 Å². The number of carbonyl (C=O) groups excluding carboxylic acids is 4. The number of esters is 1. The number of hydroxylamine groups is 2. The van der Waals surface area contributed by atoms with Crippen LogP contribution in [0.25, 0.3) is 6.08 Å². The Hall–Kier alpha value is -4.18. The van der Waals surface area contributed by atoms with Gasteiger partial charge in [0.1, 0.15) is 35.9 Å². The number of benzene rings is 2. The van der Waals surface area contributed by atoms with Crippen LogP contribution in [0.2, 0.25) is 0 Å². The molecule has 0 unspecified atom stereocenters. The molecule has 14 nitrogen and oxygen atoms in total. The van der Waals surface area contributed by atoms with E-state index in [0.29, 0.717) is 12.8 Å². The first-order chi connectivity index (χ1) is 23.9. The number of rotatable bonds is 10. The maximum Gasteiger partial charge on any atom is 0.327 e. The van der Waals surface area contributed by atoms with Crippen molar-refractivity contribution in [1.82, 2.24) is 20.6 Å². The summed E-state index contributed by atoms with van der Waals surface area (Å²) in [4.78, 5) is 61.9. The molecule has 3 heterocycles. The van der Waals surface area contributed by atoms with Crippen LogP contribution in [0.1, 0.15) is 35.6 Å². The zero-order valence-electron chi connectivity index (χ0n) is 28.1. The fourth-order valence-electron chi connectivity index (χ4n) is 8.02. The van der Waals surface area contributed by atoms with Gasteiger partial charge in [-0.2, -0.15) is 5.06 Å². The van der Waals surface area contributed by atoms with Crippen LogP contribution in [-0.2, 0) is 57.6 Å². The van der Waals surface area contributed by atoms with Gasteiger partial charge in [-0.25, -0.2) is 0 Å². The molecule has 1 saturated carbocycles. The van der Waals surface area contributed by atoms with Gasteiger partial charge in [0.15, 0.2) is 11.8 Å². The number of nitrogens with zero attached hydrogens (tertiary/aromatic N) is 2. The van der Waals surface area contributed by atoms with Crippen molar-refractivity contribution in [2.75, 3.05) is 27.2 Å². The summed E-state index contributed by atoms with van der Waals surface area (Å²) in [5.74, 6) is -3.25. The minimum Gasteiger partial charge on any atom is -0.458 e. The monoisotopic (exact) mass is 690 g/mol. The Kier molecular flexibility index (Phi) is 9.03. The minimum absolute atomic E-state index is 0.0319. The van der Waals surface area contributed by atoms with E-state index in [1.807, 2.05) is 48.5 Å². The molecule has 0 radical (unpaired) electrons. The van der Waals surface area contributed by atoms with E-state index in [0.717, 1.165) is 22.3 Å². The lowest BCUT2D eigenvalue weighted by atomic mass is 9.62. The molecule has 2 aromatic carbocycles. The SMILES string of the molecule is C[C@H](O)[C@@H](NC(=O)[C@@]12C[C@H]3OC(=O)[C@@H]1N(Cc1cccc(C=CC(=O)N(C)C)c1)O[C@@H]2[C@H]1OC2(Cc4ccccc4C2)O[C@H]13)C(=O)NCCO. The number of carbonyl (C=O) groups is 4. The fraction of sp³-hybridized carbons (Fsp3) is 0.500. The van der Waals surface area contributed by atoms with E-state index in [1.165, 1.54) is 23.0 Å². The van der Waals surface area contributed by atoms with Crippen molar-refractivity contribution in [3.05, 3.63) is 76.9 Å². The first-order valence-corrected chi connectivity index (χ1v) is 16.9. The second-order valence-corrected chi connectivity index (χ2v) is 13.9. The molecule has 0 aromatic heterocycles. The van der Waals surface area contributed by atoms with Crippen LogP contribution >= 0.6 is 0 Å². The van der Waals surface area contributed by atoms with Crippen LogP contribution in [0.3, 0.4) is 0 Å². The number of hydrogen-bond donors (Lipinski definition) is 4. The predicted octanol–water partition coefficient (Wildman–Crippen LogP) is -0.159. The average molecular weight is 691 g/mol. The molecular weight excluding hydrogens is 648 g/mol. The summed E-state index contributed by atoms with van der Waals surface area (Å²) >= 11 is 0. The lowest BCUT2D eigenvalue weighted by Crippen LogP contribution is -2.71. The Morgan fingerprint density at radius 3 is 2.48 bits per heavy atom. The van der Waals surface area contributed by atoms with Gasteiger partial charge in [-0.15, -0.1) is 0 Å². The highest BCUT2D eigenvalue weighted by molar-refractivity contribution is 5.96. The Morgan fingerprint density at radius 2 is 1.80 bits per heavy atom. The van der Waals surface area contributed by atoms with Crippen molar-refractivity contribution < 1.29 is 48.4 Å². The molecule has 3 amide bonds. The maximum absolute atomic E-state index is 14.7. The predicted molar refractivity (Wildman–Crippen MR) is 175 cm³/mol. The topological polar surface area (TPSA) is 176 Å². The highest BCUT2D eigenvalue weighted by Crippen LogP contribution is 2.58. The van der Waals surface area contributed by atoms with Gasteiger partial charge in [0, 0.05) is 46.0 Å². The van der Waals surface area contributed by atoms with Crippen molar-refractivity contribution in [2.45, 2.75) is 81.1 Å². The minimum atomic E-state index is -1.58. The summed E-state index contributed by atoms with van der Waals surface area (Å²) in [7, 11) is 3.32. The molecule has 3 saturated heterocycles. The molecule has 4 N–H and O–H groups in total. The first kappa shape index (κ1) is 34.3. The van der Waals surface area contributed by atoms with Gasteiger partial charge in [0.25, 0.3) is 0 Å². The Bertz CT molecular complexity index is 1690. The van der Waals surface area contributed by atoms with Crippen LogP contribution in [0.4, 0.5) is 0 Å². The van der Waals surface area contributed by atoms with Crippen LogP contribution in [-0.4, -0.2) is 120 Å².